The molecular weight excluding hydrogens is 416 g/mol. The van der Waals surface area contributed by atoms with Crippen LogP contribution in [-0.2, 0) is 6.42 Å². The van der Waals surface area contributed by atoms with Crippen LogP contribution in [0.5, 0.6) is 0 Å². The number of aromatic nitrogens is 3. The van der Waals surface area contributed by atoms with Crippen molar-refractivity contribution in [2.75, 3.05) is 16.4 Å². The molecule has 0 unspecified atom stereocenters. The van der Waals surface area contributed by atoms with Gasteiger partial charge in [-0.2, -0.15) is 0 Å². The lowest BCUT2D eigenvalue weighted by Gasteiger charge is -2.11. The Hall–Kier alpha value is -4.72. The summed E-state index contributed by atoms with van der Waals surface area (Å²) in [5.74, 6) is 0.883. The molecule has 0 saturated heterocycles. The van der Waals surface area contributed by atoms with Gasteiger partial charge in [0.2, 0.25) is 0 Å². The van der Waals surface area contributed by atoms with E-state index in [0.717, 1.165) is 16.8 Å². The number of nitrogens with zero attached hydrogens (tertiary/aromatic N) is 3. The molecule has 2 aromatic heterocycles. The second kappa shape index (κ2) is 8.80. The topological polar surface area (TPSA) is 119 Å². The number of hydrogen-bond acceptors (Lipinski definition) is 6. The van der Waals surface area contributed by atoms with E-state index in [1.165, 1.54) is 0 Å². The highest BCUT2D eigenvalue weighted by Gasteiger charge is 2.12. The van der Waals surface area contributed by atoms with Crippen LogP contribution in [0.4, 0.5) is 22.0 Å². The predicted molar refractivity (Wildman–Crippen MR) is 128 cm³/mol. The summed E-state index contributed by atoms with van der Waals surface area (Å²) >= 11 is 0. The highest BCUT2D eigenvalue weighted by molar-refractivity contribution is 5.99. The van der Waals surface area contributed by atoms with Crippen molar-refractivity contribution in [3.8, 4) is 11.3 Å². The van der Waals surface area contributed by atoms with Gasteiger partial charge in [0.25, 0.3) is 0 Å². The summed E-state index contributed by atoms with van der Waals surface area (Å²) < 4.78 is 5.82. The maximum atomic E-state index is 12.6. The molecule has 8 nitrogen and oxygen atoms in total. The summed E-state index contributed by atoms with van der Waals surface area (Å²) in [7, 11) is 0. The van der Waals surface area contributed by atoms with E-state index in [-0.39, 0.29) is 0 Å². The molecule has 162 valence electrons. The third-order valence-corrected chi connectivity index (χ3v) is 5.04. The molecule has 0 aliphatic heterocycles. The molecule has 0 bridgehead atoms. The molecule has 0 aliphatic rings. The molecule has 5 aromatic rings. The first-order valence-corrected chi connectivity index (χ1v) is 10.3. The molecule has 0 atom stereocenters. The van der Waals surface area contributed by atoms with Crippen LogP contribution in [-0.4, -0.2) is 21.2 Å². The molecule has 0 spiro atoms. The fourth-order valence-corrected chi connectivity index (χ4v) is 3.46. The van der Waals surface area contributed by atoms with Crippen molar-refractivity contribution in [3.05, 3.63) is 96.4 Å². The molecular formula is C25H20N6O2. The Morgan fingerprint density at radius 3 is 2.52 bits per heavy atom. The van der Waals surface area contributed by atoms with Gasteiger partial charge in [-0.3, -0.25) is 5.32 Å². The Bertz CT molecular complexity index is 1410. The molecule has 0 saturated carbocycles. The third kappa shape index (κ3) is 4.64. The number of para-hydroxylation sites is 1. The van der Waals surface area contributed by atoms with Gasteiger partial charge in [0.05, 0.1) is 12.1 Å². The van der Waals surface area contributed by atoms with Gasteiger partial charge in [-0.1, -0.05) is 48.5 Å². The highest BCUT2D eigenvalue weighted by atomic mass is 16.3. The number of nitrogens with one attached hydrogen (secondary N) is 2. The largest absolute Gasteiger partial charge is 0.440 e. The minimum atomic E-state index is -0.422. The average Bonchev–Trinajstić information content (AvgIpc) is 3.23. The van der Waals surface area contributed by atoms with Gasteiger partial charge in [-0.15, -0.1) is 10.2 Å². The van der Waals surface area contributed by atoms with Crippen LogP contribution in [0.25, 0.3) is 22.4 Å². The molecule has 0 aliphatic carbocycles. The third-order valence-electron chi connectivity index (χ3n) is 5.04. The monoisotopic (exact) mass is 436 g/mol. The number of carbonyl (C=O) groups is 1. The zero-order valence-corrected chi connectivity index (χ0v) is 17.5. The van der Waals surface area contributed by atoms with E-state index in [0.29, 0.717) is 40.6 Å². The SMILES string of the molecule is Nc1ccc2oc(Cc3ccccc3NC(=O)Nc3ccc(-c4ccccc4)nn3)nc2c1. The zero-order chi connectivity index (χ0) is 22.6. The lowest BCUT2D eigenvalue weighted by Crippen LogP contribution is -2.21. The molecule has 8 heteroatoms. The van der Waals surface area contributed by atoms with Crippen LogP contribution in [0.15, 0.2) is 89.3 Å². The van der Waals surface area contributed by atoms with Crippen molar-refractivity contribution in [2.45, 2.75) is 6.42 Å². The minimum absolute atomic E-state index is 0.348. The molecule has 4 N–H and O–H groups in total. The van der Waals surface area contributed by atoms with E-state index in [1.54, 1.807) is 24.3 Å². The Labute approximate surface area is 189 Å². The van der Waals surface area contributed by atoms with Crippen molar-refractivity contribution in [1.82, 2.24) is 15.2 Å². The highest BCUT2D eigenvalue weighted by Crippen LogP contribution is 2.23. The van der Waals surface area contributed by atoms with Crippen molar-refractivity contribution in [1.29, 1.82) is 0 Å². The number of nitrogens with two attached hydrogens (primary N) is 1. The van der Waals surface area contributed by atoms with E-state index in [1.807, 2.05) is 60.7 Å². The summed E-state index contributed by atoms with van der Waals surface area (Å²) in [6.45, 7) is 0. The number of hydrogen-bond donors (Lipinski definition) is 3. The molecule has 2 amide bonds. The average molecular weight is 436 g/mol. The van der Waals surface area contributed by atoms with Crippen molar-refractivity contribution in [3.63, 3.8) is 0 Å². The maximum absolute atomic E-state index is 12.6. The smallest absolute Gasteiger partial charge is 0.324 e. The molecule has 0 fully saturated rings. The summed E-state index contributed by atoms with van der Waals surface area (Å²) in [6.07, 6.45) is 0.413. The van der Waals surface area contributed by atoms with E-state index in [2.05, 4.69) is 25.8 Å². The first kappa shape index (κ1) is 20.2. The number of rotatable bonds is 5. The van der Waals surface area contributed by atoms with Crippen LogP contribution in [0.3, 0.4) is 0 Å². The number of fused-ring (bicyclic) bond motifs is 1. The summed E-state index contributed by atoms with van der Waals surface area (Å²) in [5, 5.41) is 13.9. The number of benzene rings is 3. The van der Waals surface area contributed by atoms with Gasteiger partial charge >= 0.3 is 6.03 Å². The first-order chi connectivity index (χ1) is 16.1. The Balaban J connectivity index is 1.28. The lowest BCUT2D eigenvalue weighted by molar-refractivity contribution is 0.262. The quantitative estimate of drug-likeness (QED) is 0.330. The molecule has 33 heavy (non-hydrogen) atoms. The van der Waals surface area contributed by atoms with Gasteiger partial charge in [0.1, 0.15) is 5.52 Å². The van der Waals surface area contributed by atoms with E-state index in [9.17, 15) is 4.79 Å². The van der Waals surface area contributed by atoms with Crippen LogP contribution in [0.1, 0.15) is 11.5 Å². The minimum Gasteiger partial charge on any atom is -0.440 e. The number of carbonyl (C=O) groups excluding carboxylic acids is 1. The van der Waals surface area contributed by atoms with Crippen LogP contribution in [0, 0.1) is 0 Å². The van der Waals surface area contributed by atoms with E-state index >= 15 is 0 Å². The first-order valence-electron chi connectivity index (χ1n) is 10.3. The number of amides is 2. The van der Waals surface area contributed by atoms with Gasteiger partial charge < -0.3 is 15.5 Å². The van der Waals surface area contributed by atoms with Gasteiger partial charge in [-0.05, 0) is 42.0 Å². The second-order valence-corrected chi connectivity index (χ2v) is 7.42. The Morgan fingerprint density at radius 2 is 1.70 bits per heavy atom. The fraction of sp³-hybridized carbons (Fsp3) is 0.0400. The molecule has 0 radical (unpaired) electrons. The Kier molecular flexibility index (Phi) is 5.38. The van der Waals surface area contributed by atoms with Gasteiger partial charge in [0.15, 0.2) is 17.3 Å². The zero-order valence-electron chi connectivity index (χ0n) is 17.5. The van der Waals surface area contributed by atoms with Gasteiger partial charge in [0, 0.05) is 16.9 Å². The van der Waals surface area contributed by atoms with Crippen molar-refractivity contribution < 1.29 is 9.21 Å². The summed E-state index contributed by atoms with van der Waals surface area (Å²) in [5.41, 5.74) is 11.0. The second-order valence-electron chi connectivity index (χ2n) is 7.42. The maximum Gasteiger partial charge on any atom is 0.324 e. The number of oxazole rings is 1. The molecule has 2 heterocycles. The lowest BCUT2D eigenvalue weighted by atomic mass is 10.1. The van der Waals surface area contributed by atoms with E-state index < -0.39 is 6.03 Å². The van der Waals surface area contributed by atoms with E-state index in [4.69, 9.17) is 10.2 Å². The van der Waals surface area contributed by atoms with Gasteiger partial charge in [-0.25, -0.2) is 9.78 Å². The summed E-state index contributed by atoms with van der Waals surface area (Å²) in [6, 6.07) is 25.6. The molecule has 3 aromatic carbocycles. The van der Waals surface area contributed by atoms with Crippen LogP contribution in [0.2, 0.25) is 0 Å². The number of urea groups is 1. The number of anilines is 3. The van der Waals surface area contributed by atoms with Crippen molar-refractivity contribution >= 4 is 34.3 Å². The summed E-state index contributed by atoms with van der Waals surface area (Å²) in [4.78, 5) is 17.1. The van der Waals surface area contributed by atoms with Crippen molar-refractivity contribution in [2.24, 2.45) is 0 Å². The van der Waals surface area contributed by atoms with Crippen LogP contribution < -0.4 is 16.4 Å². The standard InChI is InChI=1S/C25H20N6O2/c26-18-10-12-22-21(15-18)27-24(33-22)14-17-8-4-5-9-19(17)28-25(32)29-23-13-11-20(30-31-23)16-6-2-1-3-7-16/h1-13,15H,14,26H2,(H2,28,29,31,32). The fourth-order valence-electron chi connectivity index (χ4n) is 3.46. The Morgan fingerprint density at radius 1 is 0.879 bits per heavy atom. The van der Waals surface area contributed by atoms with Crippen LogP contribution >= 0.6 is 0 Å². The number of nitrogen functional groups attached to an aromatic ring is 1. The predicted octanol–water partition coefficient (Wildman–Crippen LogP) is 5.10. The normalized spacial score (nSPS) is 10.8. The molecule has 5 rings (SSSR count).